The quantitative estimate of drug-likeness (QED) is 0.665. The molecule has 2 unspecified atom stereocenters. The molecule has 4 heteroatoms. The molecule has 3 aromatic rings. The van der Waals surface area contributed by atoms with Gasteiger partial charge < -0.3 is 9.47 Å². The predicted molar refractivity (Wildman–Crippen MR) is 90.4 cm³/mol. The van der Waals surface area contributed by atoms with Gasteiger partial charge >= 0.3 is 0 Å². The first-order valence-electron chi connectivity index (χ1n) is 8.09. The van der Waals surface area contributed by atoms with Crippen LogP contribution in [0, 0.1) is 5.82 Å². The van der Waals surface area contributed by atoms with E-state index in [0.29, 0.717) is 12.0 Å². The molecular weight excluding hydrogens is 305 g/mol. The molecule has 0 saturated carbocycles. The Hall–Kier alpha value is -2.46. The second kappa shape index (κ2) is 5.56. The van der Waals surface area contributed by atoms with Crippen LogP contribution in [0.15, 0.2) is 54.7 Å². The molecule has 24 heavy (non-hydrogen) atoms. The maximum atomic E-state index is 14.3. The first-order chi connectivity index (χ1) is 11.6. The van der Waals surface area contributed by atoms with Gasteiger partial charge in [0.1, 0.15) is 6.10 Å². The summed E-state index contributed by atoms with van der Waals surface area (Å²) in [5.74, 6) is -0.966. The highest BCUT2D eigenvalue weighted by molar-refractivity contribution is 5.79. The Morgan fingerprint density at radius 3 is 2.83 bits per heavy atom. The number of para-hydroxylation sites is 2. The molecule has 122 valence electrons. The van der Waals surface area contributed by atoms with Gasteiger partial charge in [-0.05, 0) is 18.2 Å². The number of hydrogen-bond acceptors (Lipinski definition) is 3. The van der Waals surface area contributed by atoms with E-state index in [0.717, 1.165) is 16.5 Å². The maximum absolute atomic E-state index is 14.3. The number of aromatic nitrogens is 1. The van der Waals surface area contributed by atoms with Crippen LogP contribution in [-0.4, -0.2) is 10.8 Å². The summed E-state index contributed by atoms with van der Waals surface area (Å²) in [6.07, 6.45) is 1.99. The number of pyridine rings is 1. The minimum atomic E-state index is -0.870. The molecule has 2 atom stereocenters. The van der Waals surface area contributed by atoms with Gasteiger partial charge in [0.05, 0.1) is 5.52 Å². The zero-order chi connectivity index (χ0) is 16.7. The number of halogens is 1. The molecule has 0 saturated heterocycles. The van der Waals surface area contributed by atoms with Crippen molar-refractivity contribution in [3.05, 3.63) is 71.7 Å². The molecule has 0 amide bonds. The van der Waals surface area contributed by atoms with Crippen molar-refractivity contribution in [2.75, 3.05) is 0 Å². The predicted octanol–water partition coefficient (Wildman–Crippen LogP) is 5.00. The first kappa shape index (κ1) is 15.1. The fourth-order valence-corrected chi connectivity index (χ4v) is 3.03. The van der Waals surface area contributed by atoms with Crippen molar-refractivity contribution < 1.29 is 13.9 Å². The highest BCUT2D eigenvalue weighted by Gasteiger charge is 2.39. The largest absolute Gasteiger partial charge is 0.459 e. The summed E-state index contributed by atoms with van der Waals surface area (Å²) >= 11 is 0. The van der Waals surface area contributed by atoms with Gasteiger partial charge in [0.2, 0.25) is 5.79 Å². The van der Waals surface area contributed by atoms with Crippen LogP contribution in [0.25, 0.3) is 10.9 Å². The Kier molecular flexibility index (Phi) is 3.50. The Bertz CT molecular complexity index is 911. The van der Waals surface area contributed by atoms with E-state index in [1.165, 1.54) is 6.07 Å². The summed E-state index contributed by atoms with van der Waals surface area (Å²) < 4.78 is 26.3. The molecule has 4 rings (SSSR count). The third-order valence-corrected chi connectivity index (χ3v) is 4.52. The number of fused-ring (bicyclic) bond motifs is 2. The lowest BCUT2D eigenvalue weighted by molar-refractivity contribution is -0.211. The van der Waals surface area contributed by atoms with E-state index in [1.807, 2.05) is 50.2 Å². The minimum absolute atomic E-state index is 0.270. The summed E-state index contributed by atoms with van der Waals surface area (Å²) in [5.41, 5.74) is 2.51. The molecule has 0 spiro atoms. The van der Waals surface area contributed by atoms with Crippen molar-refractivity contribution in [2.24, 2.45) is 0 Å². The van der Waals surface area contributed by atoms with Crippen LogP contribution in [-0.2, 0) is 4.74 Å². The van der Waals surface area contributed by atoms with Gasteiger partial charge in [-0.15, -0.1) is 0 Å². The van der Waals surface area contributed by atoms with E-state index in [4.69, 9.17) is 9.47 Å². The molecule has 2 aromatic carbocycles. The maximum Gasteiger partial charge on any atom is 0.208 e. The average molecular weight is 323 g/mol. The molecule has 1 aliphatic heterocycles. The van der Waals surface area contributed by atoms with Crippen molar-refractivity contribution in [3.63, 3.8) is 0 Å². The number of ether oxygens (including phenoxy) is 2. The Morgan fingerprint density at radius 1 is 1.17 bits per heavy atom. The van der Waals surface area contributed by atoms with E-state index in [2.05, 4.69) is 4.98 Å². The van der Waals surface area contributed by atoms with Gasteiger partial charge in [-0.3, -0.25) is 4.98 Å². The normalized spacial score (nSPS) is 22.9. The van der Waals surface area contributed by atoms with Crippen molar-refractivity contribution in [3.8, 4) is 5.75 Å². The number of rotatable bonds is 2. The van der Waals surface area contributed by atoms with Crippen LogP contribution in [0.5, 0.6) is 5.75 Å². The molecule has 0 radical (unpaired) electrons. The van der Waals surface area contributed by atoms with Gasteiger partial charge in [-0.25, -0.2) is 4.39 Å². The molecule has 1 aromatic heterocycles. The minimum Gasteiger partial charge on any atom is -0.459 e. The highest BCUT2D eigenvalue weighted by atomic mass is 19.1. The number of hydrogen-bond donors (Lipinski definition) is 0. The van der Waals surface area contributed by atoms with Crippen molar-refractivity contribution in [1.82, 2.24) is 4.98 Å². The zero-order valence-corrected chi connectivity index (χ0v) is 13.6. The van der Waals surface area contributed by atoms with Crippen LogP contribution in [0.4, 0.5) is 4.39 Å². The van der Waals surface area contributed by atoms with E-state index in [-0.39, 0.29) is 11.6 Å². The highest BCUT2D eigenvalue weighted by Crippen LogP contribution is 2.44. The van der Waals surface area contributed by atoms with Crippen LogP contribution in [0.3, 0.4) is 0 Å². The second-order valence-electron chi connectivity index (χ2n) is 6.21. The zero-order valence-electron chi connectivity index (χ0n) is 13.6. The van der Waals surface area contributed by atoms with E-state index >= 15 is 0 Å². The standard InChI is InChI=1S/C20H18FNO2/c1-3-20(2)23-18(15-8-6-9-16(21)19(15)24-20)14-11-13-7-4-5-10-17(13)22-12-14/h4-12,18H,3H2,1-2H3. The second-order valence-corrected chi connectivity index (χ2v) is 6.21. The van der Waals surface area contributed by atoms with E-state index < -0.39 is 11.9 Å². The summed E-state index contributed by atoms with van der Waals surface area (Å²) in [7, 11) is 0. The fraction of sp³-hybridized carbons (Fsp3) is 0.250. The van der Waals surface area contributed by atoms with E-state index in [9.17, 15) is 4.39 Å². The first-order valence-corrected chi connectivity index (χ1v) is 8.09. The SMILES string of the molecule is CCC1(C)Oc2c(F)cccc2C(c2cnc3ccccc3c2)O1. The van der Waals surface area contributed by atoms with Gasteiger partial charge in [0, 0.05) is 36.1 Å². The van der Waals surface area contributed by atoms with Crippen molar-refractivity contribution >= 4 is 10.9 Å². The van der Waals surface area contributed by atoms with Crippen molar-refractivity contribution in [2.45, 2.75) is 32.2 Å². The molecule has 3 nitrogen and oxygen atoms in total. The van der Waals surface area contributed by atoms with Gasteiger partial charge in [0.25, 0.3) is 0 Å². The lowest BCUT2D eigenvalue weighted by Crippen LogP contribution is -2.40. The number of nitrogens with zero attached hydrogens (tertiary/aromatic N) is 1. The molecule has 2 heterocycles. The Morgan fingerprint density at radius 2 is 2.00 bits per heavy atom. The molecular formula is C20H18FNO2. The third-order valence-electron chi connectivity index (χ3n) is 4.52. The number of benzene rings is 2. The lowest BCUT2D eigenvalue weighted by atomic mass is 9.98. The Labute approximate surface area is 140 Å². The topological polar surface area (TPSA) is 31.4 Å². The van der Waals surface area contributed by atoms with Crippen LogP contribution >= 0.6 is 0 Å². The van der Waals surface area contributed by atoms with Gasteiger partial charge in [-0.1, -0.05) is 37.3 Å². The third kappa shape index (κ3) is 2.43. The summed E-state index contributed by atoms with van der Waals surface area (Å²) in [6, 6.07) is 14.9. The molecule has 0 bridgehead atoms. The summed E-state index contributed by atoms with van der Waals surface area (Å²) in [6.45, 7) is 3.80. The van der Waals surface area contributed by atoms with Gasteiger partial charge in [-0.2, -0.15) is 0 Å². The van der Waals surface area contributed by atoms with Crippen LogP contribution in [0.2, 0.25) is 0 Å². The monoisotopic (exact) mass is 323 g/mol. The molecule has 1 aliphatic rings. The smallest absolute Gasteiger partial charge is 0.208 e. The summed E-state index contributed by atoms with van der Waals surface area (Å²) in [4.78, 5) is 4.51. The molecule has 0 N–H and O–H groups in total. The molecule has 0 aliphatic carbocycles. The Balaban J connectivity index is 1.88. The summed E-state index contributed by atoms with van der Waals surface area (Å²) in [5, 5.41) is 1.03. The van der Waals surface area contributed by atoms with Crippen LogP contribution in [0.1, 0.15) is 37.5 Å². The van der Waals surface area contributed by atoms with Gasteiger partial charge in [0.15, 0.2) is 11.6 Å². The fourth-order valence-electron chi connectivity index (χ4n) is 3.03. The molecule has 0 fully saturated rings. The average Bonchev–Trinajstić information content (AvgIpc) is 2.62. The van der Waals surface area contributed by atoms with Crippen molar-refractivity contribution in [1.29, 1.82) is 0 Å². The lowest BCUT2D eigenvalue weighted by Gasteiger charge is -2.39. The van der Waals surface area contributed by atoms with E-state index in [1.54, 1.807) is 12.3 Å². The van der Waals surface area contributed by atoms with Crippen LogP contribution < -0.4 is 4.74 Å².